The number of primary amides is 1. The molecule has 170 valence electrons. The minimum atomic E-state index is -0.749. The number of halogens is 1. The number of aryl methyl sites for hydroxylation is 2. The van der Waals surface area contributed by atoms with Gasteiger partial charge in [0.2, 0.25) is 11.8 Å². The lowest BCUT2D eigenvalue weighted by molar-refractivity contribution is -0.130. The smallest absolute Gasteiger partial charge is 0.249 e. The van der Waals surface area contributed by atoms with Gasteiger partial charge in [-0.15, -0.1) is 0 Å². The minimum Gasteiger partial charge on any atom is -0.389 e. The van der Waals surface area contributed by atoms with E-state index in [0.29, 0.717) is 34.6 Å². The molecule has 0 aliphatic carbocycles. The van der Waals surface area contributed by atoms with Crippen molar-refractivity contribution >= 4 is 45.5 Å². The molecule has 2 atom stereocenters. The number of benzene rings is 1. The average Bonchev–Trinajstić information content (AvgIpc) is 3.46. The Morgan fingerprint density at radius 3 is 2.85 bits per heavy atom. The molecule has 1 saturated heterocycles. The minimum absolute atomic E-state index is 0.0520. The number of pyridine rings is 1. The molecule has 0 radical (unpaired) electrons. The van der Waals surface area contributed by atoms with E-state index in [4.69, 9.17) is 17.3 Å². The zero-order valence-electron chi connectivity index (χ0n) is 18.0. The van der Waals surface area contributed by atoms with Gasteiger partial charge in [-0.25, -0.2) is 9.97 Å². The molecular formula is C23H23ClN6O3. The molecule has 9 nitrogen and oxygen atoms in total. The van der Waals surface area contributed by atoms with E-state index >= 15 is 0 Å². The molecule has 4 aromatic rings. The number of hydrogen-bond donors (Lipinski definition) is 2. The maximum absolute atomic E-state index is 12.9. The Morgan fingerprint density at radius 1 is 1.24 bits per heavy atom. The largest absolute Gasteiger partial charge is 0.389 e. The summed E-state index contributed by atoms with van der Waals surface area (Å²) in [6.45, 7) is 0.585. The van der Waals surface area contributed by atoms with Crippen LogP contribution in [0.4, 0.5) is 0 Å². The summed E-state index contributed by atoms with van der Waals surface area (Å²) in [4.78, 5) is 35.3. The number of rotatable bonds is 5. The van der Waals surface area contributed by atoms with Gasteiger partial charge in [0.1, 0.15) is 11.5 Å². The summed E-state index contributed by atoms with van der Waals surface area (Å²) in [6, 6.07) is 8.51. The summed E-state index contributed by atoms with van der Waals surface area (Å²) in [7, 11) is 1.92. The van der Waals surface area contributed by atoms with Crippen LogP contribution < -0.4 is 5.73 Å². The lowest BCUT2D eigenvalue weighted by Gasteiger charge is -2.18. The number of β-amino-alcohol motifs (C(OH)–C–C–N with tert-alkyl or cyclic N) is 1. The molecular weight excluding hydrogens is 444 g/mol. The maximum Gasteiger partial charge on any atom is 0.249 e. The van der Waals surface area contributed by atoms with Crippen LogP contribution in [0.15, 0.2) is 42.7 Å². The fraction of sp³-hybridized carbons (Fsp3) is 0.304. The van der Waals surface area contributed by atoms with Gasteiger partial charge in [-0.05, 0) is 30.3 Å². The van der Waals surface area contributed by atoms with Gasteiger partial charge in [0.05, 0.1) is 28.7 Å². The maximum atomic E-state index is 12.9. The average molecular weight is 467 g/mol. The van der Waals surface area contributed by atoms with E-state index in [2.05, 4.69) is 9.97 Å². The molecule has 0 saturated carbocycles. The predicted molar refractivity (Wildman–Crippen MR) is 124 cm³/mol. The number of carbonyl (C=O) groups excluding carboxylic acids is 2. The second-order valence-electron chi connectivity index (χ2n) is 8.34. The van der Waals surface area contributed by atoms with E-state index < -0.39 is 12.0 Å². The lowest BCUT2D eigenvalue weighted by atomic mass is 10.2. The fourth-order valence-corrected chi connectivity index (χ4v) is 4.78. The predicted octanol–water partition coefficient (Wildman–Crippen LogP) is 2.05. The van der Waals surface area contributed by atoms with Crippen molar-refractivity contribution < 1.29 is 14.7 Å². The monoisotopic (exact) mass is 466 g/mol. The van der Waals surface area contributed by atoms with Crippen LogP contribution in [0.3, 0.4) is 0 Å². The van der Waals surface area contributed by atoms with Gasteiger partial charge < -0.3 is 24.9 Å². The molecule has 1 aromatic carbocycles. The lowest BCUT2D eigenvalue weighted by Crippen LogP contribution is -2.30. The summed E-state index contributed by atoms with van der Waals surface area (Å²) in [6.07, 6.45) is 3.31. The Balaban J connectivity index is 1.31. The van der Waals surface area contributed by atoms with Gasteiger partial charge >= 0.3 is 0 Å². The Kier molecular flexibility index (Phi) is 5.30. The first-order valence-corrected chi connectivity index (χ1v) is 11.0. The van der Waals surface area contributed by atoms with Gasteiger partial charge in [-0.3, -0.25) is 9.59 Å². The van der Waals surface area contributed by atoms with Crippen LogP contribution in [0.25, 0.3) is 22.1 Å². The van der Waals surface area contributed by atoms with Crippen molar-refractivity contribution in [1.29, 1.82) is 0 Å². The van der Waals surface area contributed by atoms with Crippen LogP contribution in [-0.2, 0) is 18.3 Å². The van der Waals surface area contributed by atoms with E-state index in [9.17, 15) is 14.7 Å². The summed E-state index contributed by atoms with van der Waals surface area (Å²) < 4.78 is 3.78. The van der Waals surface area contributed by atoms with Gasteiger partial charge in [-0.1, -0.05) is 11.6 Å². The fourth-order valence-electron chi connectivity index (χ4n) is 4.61. The zero-order valence-corrected chi connectivity index (χ0v) is 18.7. The highest BCUT2D eigenvalue weighted by molar-refractivity contribution is 6.31. The third kappa shape index (κ3) is 3.73. The first kappa shape index (κ1) is 21.4. The van der Waals surface area contributed by atoms with E-state index in [1.165, 1.54) is 6.20 Å². The van der Waals surface area contributed by atoms with E-state index in [0.717, 1.165) is 16.9 Å². The molecule has 0 spiro atoms. The number of imidazole rings is 1. The van der Waals surface area contributed by atoms with Gasteiger partial charge in [0, 0.05) is 55.8 Å². The number of aromatic nitrogens is 4. The summed E-state index contributed by atoms with van der Waals surface area (Å²) >= 11 is 6.06. The SMILES string of the molecule is Cn1c(CCC(=O)N2C[C@@H](O)[C@H](n3ccc4c(C(N)=O)ccnc43)C2)nc2cc(Cl)ccc21. The van der Waals surface area contributed by atoms with Crippen molar-refractivity contribution in [2.45, 2.75) is 25.0 Å². The Bertz CT molecular complexity index is 1390. The third-order valence-corrected chi connectivity index (χ3v) is 6.58. The first-order chi connectivity index (χ1) is 15.8. The second kappa shape index (κ2) is 8.17. The number of amides is 2. The third-order valence-electron chi connectivity index (χ3n) is 6.35. The van der Waals surface area contributed by atoms with Crippen molar-refractivity contribution in [3.63, 3.8) is 0 Å². The molecule has 33 heavy (non-hydrogen) atoms. The molecule has 4 heterocycles. The molecule has 1 fully saturated rings. The number of aliphatic hydroxyl groups is 1. The highest BCUT2D eigenvalue weighted by atomic mass is 35.5. The number of nitrogens with two attached hydrogens (primary N) is 1. The topological polar surface area (TPSA) is 119 Å². The van der Waals surface area contributed by atoms with Crippen LogP contribution in [0, 0.1) is 0 Å². The van der Waals surface area contributed by atoms with Gasteiger partial charge in [-0.2, -0.15) is 0 Å². The summed E-state index contributed by atoms with van der Waals surface area (Å²) in [5.74, 6) is 0.216. The van der Waals surface area contributed by atoms with Crippen LogP contribution in [0.2, 0.25) is 5.02 Å². The molecule has 3 aromatic heterocycles. The van der Waals surface area contributed by atoms with Gasteiger partial charge in [0.15, 0.2) is 0 Å². The first-order valence-electron chi connectivity index (χ1n) is 10.7. The molecule has 0 unspecified atom stereocenters. The van der Waals surface area contributed by atoms with E-state index in [-0.39, 0.29) is 24.9 Å². The highest BCUT2D eigenvalue weighted by Gasteiger charge is 2.36. The molecule has 10 heteroatoms. The van der Waals surface area contributed by atoms with Crippen molar-refractivity contribution in [3.05, 3.63) is 59.1 Å². The highest BCUT2D eigenvalue weighted by Crippen LogP contribution is 2.28. The normalized spacial score (nSPS) is 18.5. The van der Waals surface area contributed by atoms with Crippen molar-refractivity contribution in [2.24, 2.45) is 12.8 Å². The summed E-state index contributed by atoms with van der Waals surface area (Å²) in [5, 5.41) is 12.0. The number of carbonyl (C=O) groups is 2. The van der Waals surface area contributed by atoms with E-state index in [1.807, 2.05) is 34.4 Å². The Labute approximate surface area is 194 Å². The number of fused-ring (bicyclic) bond motifs is 2. The van der Waals surface area contributed by atoms with E-state index in [1.54, 1.807) is 23.2 Å². The molecule has 3 N–H and O–H groups in total. The van der Waals surface area contributed by atoms with Crippen LogP contribution in [-0.4, -0.2) is 60.1 Å². The van der Waals surface area contributed by atoms with Crippen molar-refractivity contribution in [1.82, 2.24) is 24.0 Å². The van der Waals surface area contributed by atoms with Crippen molar-refractivity contribution in [3.8, 4) is 0 Å². The Hall–Kier alpha value is -3.43. The molecule has 1 aliphatic rings. The molecule has 0 bridgehead atoms. The quantitative estimate of drug-likeness (QED) is 0.466. The Morgan fingerprint density at radius 2 is 2.06 bits per heavy atom. The van der Waals surface area contributed by atoms with Crippen LogP contribution >= 0.6 is 11.6 Å². The van der Waals surface area contributed by atoms with Crippen molar-refractivity contribution in [2.75, 3.05) is 13.1 Å². The number of likely N-dealkylation sites (tertiary alicyclic amines) is 1. The number of aliphatic hydroxyl groups excluding tert-OH is 1. The second-order valence-corrected chi connectivity index (χ2v) is 8.77. The zero-order chi connectivity index (χ0) is 23.3. The molecule has 5 rings (SSSR count). The number of nitrogens with zero attached hydrogens (tertiary/aromatic N) is 5. The molecule has 2 amide bonds. The summed E-state index contributed by atoms with van der Waals surface area (Å²) in [5.41, 5.74) is 8.16. The molecule has 1 aliphatic heterocycles. The van der Waals surface area contributed by atoms with Gasteiger partial charge in [0.25, 0.3) is 0 Å². The standard InChI is InChI=1S/C23H23ClN6O3/c1-28-17-3-2-13(24)10-16(17)27-20(28)4-5-21(32)29-11-18(19(31)12-29)30-9-7-15-14(22(25)33)6-8-26-23(15)30/h2-3,6-10,18-19,31H,4-5,11-12H2,1H3,(H2,25,33)/t18-,19-/m1/s1. The van der Waals surface area contributed by atoms with Crippen LogP contribution in [0.5, 0.6) is 0 Å². The van der Waals surface area contributed by atoms with Crippen LogP contribution in [0.1, 0.15) is 28.6 Å². The number of hydrogen-bond acceptors (Lipinski definition) is 5.